The molecule has 0 aliphatic heterocycles. The first kappa shape index (κ1) is 16.8. The Bertz CT molecular complexity index is 757. The van der Waals surface area contributed by atoms with Crippen molar-refractivity contribution in [2.75, 3.05) is 0 Å². The van der Waals surface area contributed by atoms with Crippen LogP contribution >= 0.6 is 11.3 Å². The van der Waals surface area contributed by atoms with Crippen LogP contribution in [0.1, 0.15) is 23.4 Å². The van der Waals surface area contributed by atoms with Gasteiger partial charge in [-0.05, 0) is 30.9 Å². The summed E-state index contributed by atoms with van der Waals surface area (Å²) >= 11 is 1.58. The summed E-state index contributed by atoms with van der Waals surface area (Å²) < 4.78 is 1.13. The van der Waals surface area contributed by atoms with Gasteiger partial charge in [0.25, 0.3) is 0 Å². The molecule has 2 rings (SSSR count). The maximum atomic E-state index is 11.9. The highest BCUT2D eigenvalue weighted by atomic mass is 32.1. The number of rotatable bonds is 5. The van der Waals surface area contributed by atoms with Crippen LogP contribution in [0.3, 0.4) is 0 Å². The number of primary amides is 2. The van der Waals surface area contributed by atoms with Crippen molar-refractivity contribution in [3.8, 4) is 0 Å². The molecule has 1 atom stereocenters. The molecule has 0 saturated carbocycles. The molecule has 0 spiro atoms. The first-order valence-corrected chi connectivity index (χ1v) is 7.76. The number of amides is 4. The molecule has 4 amide bonds. The number of urea groups is 1. The van der Waals surface area contributed by atoms with Crippen LogP contribution in [0.5, 0.6) is 0 Å². The molecule has 0 aliphatic carbocycles. The minimum Gasteiger partial charge on any atom is -0.367 e. The minimum atomic E-state index is -1.54. The lowest BCUT2D eigenvalue weighted by molar-refractivity contribution is -0.128. The Morgan fingerprint density at radius 2 is 1.70 bits per heavy atom. The van der Waals surface area contributed by atoms with Gasteiger partial charge < -0.3 is 22.1 Å². The molecule has 0 fully saturated rings. The summed E-state index contributed by atoms with van der Waals surface area (Å²) in [6.45, 7) is 3.81. The van der Waals surface area contributed by atoms with Gasteiger partial charge in [0.2, 0.25) is 11.8 Å². The molecular weight excluding hydrogens is 316 g/mol. The van der Waals surface area contributed by atoms with Gasteiger partial charge in [0.1, 0.15) is 0 Å². The summed E-state index contributed by atoms with van der Waals surface area (Å²) in [5, 5.41) is 5.99. The molecule has 1 unspecified atom stereocenters. The van der Waals surface area contributed by atoms with E-state index < -0.39 is 23.9 Å². The lowest BCUT2D eigenvalue weighted by Gasteiger charge is -2.17. The number of carbonyl (C=O) groups is 3. The van der Waals surface area contributed by atoms with E-state index in [1.165, 1.54) is 0 Å². The molecule has 7 nitrogen and oxygen atoms in total. The number of fused-ring (bicyclic) bond motifs is 1. The average Bonchev–Trinajstić information content (AvgIpc) is 2.82. The fourth-order valence-electron chi connectivity index (χ4n) is 2.32. The van der Waals surface area contributed by atoms with Crippen LogP contribution in [0.4, 0.5) is 4.79 Å². The summed E-state index contributed by atoms with van der Waals surface area (Å²) in [6, 6.07) is 5.43. The Morgan fingerprint density at radius 3 is 2.26 bits per heavy atom. The highest BCUT2D eigenvalue weighted by Crippen LogP contribution is 2.34. The quantitative estimate of drug-likeness (QED) is 0.607. The second kappa shape index (κ2) is 6.66. The largest absolute Gasteiger partial charge is 0.367 e. The normalized spacial score (nSPS) is 12.1. The van der Waals surface area contributed by atoms with E-state index in [2.05, 4.69) is 10.6 Å². The summed E-state index contributed by atoms with van der Waals surface area (Å²) in [6.07, 6.45) is 0. The fourth-order valence-corrected chi connectivity index (χ4v) is 3.54. The Balaban J connectivity index is 2.12. The fraction of sp³-hybridized carbons (Fsp3) is 0.267. The van der Waals surface area contributed by atoms with Crippen molar-refractivity contribution >= 4 is 39.3 Å². The van der Waals surface area contributed by atoms with Gasteiger partial charge in [-0.25, -0.2) is 4.79 Å². The second-order valence-electron chi connectivity index (χ2n) is 5.16. The number of hydrogen-bond donors (Lipinski definition) is 4. The predicted molar refractivity (Wildman–Crippen MR) is 88.8 cm³/mol. The number of nitrogens with two attached hydrogens (primary N) is 2. The molecule has 8 heteroatoms. The third kappa shape index (κ3) is 3.59. The Kier molecular flexibility index (Phi) is 4.85. The van der Waals surface area contributed by atoms with Gasteiger partial charge >= 0.3 is 6.03 Å². The van der Waals surface area contributed by atoms with Crippen molar-refractivity contribution in [3.63, 3.8) is 0 Å². The molecule has 0 saturated heterocycles. The van der Waals surface area contributed by atoms with Gasteiger partial charge in [0.15, 0.2) is 6.04 Å². The molecule has 0 bridgehead atoms. The summed E-state index contributed by atoms with van der Waals surface area (Å²) in [4.78, 5) is 35.1. The number of carbonyl (C=O) groups excluding carboxylic acids is 3. The standard InChI is InChI=1S/C15H18N4O3S/c1-7-9-5-3-4-6-10(9)23-12(7)8(2)18-15(22)19-11(13(16)20)14(17)21/h3-6,8,11H,1-2H3,(H2,16,20)(H2,17,21)(H2,18,19,22). The number of hydrogen-bond acceptors (Lipinski definition) is 4. The van der Waals surface area contributed by atoms with Crippen LogP contribution < -0.4 is 22.1 Å². The zero-order chi connectivity index (χ0) is 17.1. The predicted octanol–water partition coefficient (Wildman–Crippen LogP) is 0.909. The summed E-state index contributed by atoms with van der Waals surface area (Å²) in [5.41, 5.74) is 11.1. The van der Waals surface area contributed by atoms with Gasteiger partial charge in [-0.15, -0.1) is 11.3 Å². The van der Waals surface area contributed by atoms with E-state index in [1.54, 1.807) is 11.3 Å². The number of thiophene rings is 1. The minimum absolute atomic E-state index is 0.297. The highest BCUT2D eigenvalue weighted by Gasteiger charge is 2.25. The molecule has 1 heterocycles. The Hall–Kier alpha value is -2.61. The molecule has 122 valence electrons. The van der Waals surface area contributed by atoms with Crippen LogP contribution in [-0.4, -0.2) is 23.9 Å². The van der Waals surface area contributed by atoms with Crippen LogP contribution in [0, 0.1) is 6.92 Å². The van der Waals surface area contributed by atoms with Gasteiger partial charge in [-0.1, -0.05) is 18.2 Å². The lowest BCUT2D eigenvalue weighted by Crippen LogP contribution is -2.55. The van der Waals surface area contributed by atoms with Crippen LogP contribution in [-0.2, 0) is 9.59 Å². The molecule has 0 radical (unpaired) electrons. The van der Waals surface area contributed by atoms with Crippen LogP contribution in [0.25, 0.3) is 10.1 Å². The van der Waals surface area contributed by atoms with Crippen molar-refractivity contribution < 1.29 is 14.4 Å². The van der Waals surface area contributed by atoms with Crippen molar-refractivity contribution in [1.82, 2.24) is 10.6 Å². The number of aryl methyl sites for hydroxylation is 1. The van der Waals surface area contributed by atoms with Gasteiger partial charge in [-0.2, -0.15) is 0 Å². The van der Waals surface area contributed by atoms with E-state index >= 15 is 0 Å². The van der Waals surface area contributed by atoms with Crippen LogP contribution in [0.15, 0.2) is 24.3 Å². The van der Waals surface area contributed by atoms with E-state index in [0.717, 1.165) is 20.5 Å². The molecule has 2 aromatic rings. The van der Waals surface area contributed by atoms with Crippen molar-refractivity contribution in [2.24, 2.45) is 11.5 Å². The Labute approximate surface area is 137 Å². The van der Waals surface area contributed by atoms with E-state index in [0.29, 0.717) is 0 Å². The average molecular weight is 334 g/mol. The molecular formula is C15H18N4O3S. The van der Waals surface area contributed by atoms with E-state index in [9.17, 15) is 14.4 Å². The van der Waals surface area contributed by atoms with Crippen molar-refractivity contribution in [1.29, 1.82) is 0 Å². The second-order valence-corrected chi connectivity index (χ2v) is 6.25. The lowest BCUT2D eigenvalue weighted by atomic mass is 10.1. The molecule has 1 aromatic carbocycles. The first-order valence-electron chi connectivity index (χ1n) is 6.95. The molecule has 23 heavy (non-hydrogen) atoms. The zero-order valence-corrected chi connectivity index (χ0v) is 13.6. The van der Waals surface area contributed by atoms with Crippen LogP contribution in [0.2, 0.25) is 0 Å². The first-order chi connectivity index (χ1) is 10.8. The van der Waals surface area contributed by atoms with E-state index in [4.69, 9.17) is 11.5 Å². The van der Waals surface area contributed by atoms with Crippen molar-refractivity contribution in [3.05, 3.63) is 34.7 Å². The molecule has 0 aliphatic rings. The van der Waals surface area contributed by atoms with Gasteiger partial charge in [-0.3, -0.25) is 9.59 Å². The molecule has 6 N–H and O–H groups in total. The smallest absolute Gasteiger partial charge is 0.316 e. The Morgan fingerprint density at radius 1 is 1.09 bits per heavy atom. The van der Waals surface area contributed by atoms with Crippen molar-refractivity contribution in [2.45, 2.75) is 25.9 Å². The summed E-state index contributed by atoms with van der Waals surface area (Å²) in [7, 11) is 0. The molecule has 1 aromatic heterocycles. The number of benzene rings is 1. The number of nitrogens with one attached hydrogen (secondary N) is 2. The topological polar surface area (TPSA) is 127 Å². The van der Waals surface area contributed by atoms with E-state index in [1.807, 2.05) is 38.1 Å². The maximum absolute atomic E-state index is 11.9. The summed E-state index contributed by atoms with van der Waals surface area (Å²) in [5.74, 6) is -2.00. The zero-order valence-electron chi connectivity index (χ0n) is 12.8. The third-order valence-electron chi connectivity index (χ3n) is 3.47. The third-order valence-corrected chi connectivity index (χ3v) is 4.92. The van der Waals surface area contributed by atoms with Gasteiger partial charge in [0, 0.05) is 9.58 Å². The monoisotopic (exact) mass is 334 g/mol. The SMILES string of the molecule is Cc1c(C(C)NC(=O)NC(C(N)=O)C(N)=O)sc2ccccc12. The highest BCUT2D eigenvalue weighted by molar-refractivity contribution is 7.19. The maximum Gasteiger partial charge on any atom is 0.316 e. The van der Waals surface area contributed by atoms with E-state index in [-0.39, 0.29) is 6.04 Å². The van der Waals surface area contributed by atoms with Gasteiger partial charge in [0.05, 0.1) is 6.04 Å².